The average molecular weight is 258 g/mol. The van der Waals surface area contributed by atoms with Crippen LogP contribution >= 0.6 is 0 Å². The standard InChI is InChI=1S/C14H14N2O3/c1-3-10-4-6-11(7-5-10)8-12-13(18)15-14(19)16(12)9(2)17/h4-8H,3H2,1-2H3,(H,15,18,19)/b12-8-. The summed E-state index contributed by atoms with van der Waals surface area (Å²) in [5.74, 6) is -1.04. The Labute approximate surface area is 110 Å². The average Bonchev–Trinajstić information content (AvgIpc) is 2.65. The monoisotopic (exact) mass is 258 g/mol. The Morgan fingerprint density at radius 1 is 1.26 bits per heavy atom. The lowest BCUT2D eigenvalue weighted by Crippen LogP contribution is -2.31. The Morgan fingerprint density at radius 3 is 2.42 bits per heavy atom. The second-order valence-corrected chi connectivity index (χ2v) is 4.24. The van der Waals surface area contributed by atoms with Gasteiger partial charge in [0, 0.05) is 6.92 Å². The van der Waals surface area contributed by atoms with Gasteiger partial charge in [-0.05, 0) is 23.6 Å². The van der Waals surface area contributed by atoms with Gasteiger partial charge in [0.1, 0.15) is 5.70 Å². The number of carbonyl (C=O) groups is 3. The van der Waals surface area contributed by atoms with Crippen LogP contribution in [0.2, 0.25) is 0 Å². The fourth-order valence-corrected chi connectivity index (χ4v) is 1.88. The van der Waals surface area contributed by atoms with E-state index in [-0.39, 0.29) is 5.70 Å². The lowest BCUT2D eigenvalue weighted by atomic mass is 10.1. The molecular formula is C14H14N2O3. The maximum atomic E-state index is 11.6. The molecule has 5 nitrogen and oxygen atoms in total. The molecule has 0 aromatic heterocycles. The van der Waals surface area contributed by atoms with E-state index in [0.29, 0.717) is 0 Å². The predicted molar refractivity (Wildman–Crippen MR) is 69.9 cm³/mol. The molecule has 19 heavy (non-hydrogen) atoms. The van der Waals surface area contributed by atoms with Gasteiger partial charge >= 0.3 is 6.03 Å². The number of aryl methyl sites for hydroxylation is 1. The molecule has 1 aliphatic rings. The van der Waals surface area contributed by atoms with Gasteiger partial charge in [-0.15, -0.1) is 0 Å². The Balaban J connectivity index is 2.36. The van der Waals surface area contributed by atoms with E-state index in [2.05, 4.69) is 5.32 Å². The van der Waals surface area contributed by atoms with E-state index < -0.39 is 17.8 Å². The highest BCUT2D eigenvalue weighted by Gasteiger charge is 2.35. The first-order chi connectivity index (χ1) is 9.02. The van der Waals surface area contributed by atoms with Crippen molar-refractivity contribution in [1.82, 2.24) is 10.2 Å². The van der Waals surface area contributed by atoms with Crippen molar-refractivity contribution < 1.29 is 14.4 Å². The number of imide groups is 2. The van der Waals surface area contributed by atoms with Crippen LogP contribution in [0, 0.1) is 0 Å². The fourth-order valence-electron chi connectivity index (χ4n) is 1.88. The van der Waals surface area contributed by atoms with Crippen molar-refractivity contribution in [3.63, 3.8) is 0 Å². The quantitative estimate of drug-likeness (QED) is 0.648. The first-order valence-corrected chi connectivity index (χ1v) is 5.99. The first-order valence-electron chi connectivity index (χ1n) is 5.99. The summed E-state index contributed by atoms with van der Waals surface area (Å²) < 4.78 is 0. The van der Waals surface area contributed by atoms with Crippen molar-refractivity contribution in [2.24, 2.45) is 0 Å². The minimum absolute atomic E-state index is 0.0572. The molecule has 98 valence electrons. The summed E-state index contributed by atoms with van der Waals surface area (Å²) in [6, 6.07) is 6.88. The Kier molecular flexibility index (Phi) is 3.46. The van der Waals surface area contributed by atoms with Crippen LogP contribution in [0.3, 0.4) is 0 Å². The molecule has 1 aliphatic heterocycles. The van der Waals surface area contributed by atoms with E-state index in [0.717, 1.165) is 16.9 Å². The van der Waals surface area contributed by atoms with E-state index in [4.69, 9.17) is 0 Å². The van der Waals surface area contributed by atoms with Crippen LogP contribution in [0.25, 0.3) is 6.08 Å². The number of hydrogen-bond donors (Lipinski definition) is 1. The summed E-state index contributed by atoms with van der Waals surface area (Å²) in [6.07, 6.45) is 2.45. The molecule has 1 aromatic rings. The highest BCUT2D eigenvalue weighted by molar-refractivity contribution is 6.19. The lowest BCUT2D eigenvalue weighted by Gasteiger charge is -2.09. The number of nitrogens with zero attached hydrogens (tertiary/aromatic N) is 1. The maximum Gasteiger partial charge on any atom is 0.335 e. The molecule has 5 heteroatoms. The van der Waals surface area contributed by atoms with Crippen molar-refractivity contribution in [3.8, 4) is 0 Å². The highest BCUT2D eigenvalue weighted by Crippen LogP contribution is 2.17. The normalized spacial score (nSPS) is 16.9. The van der Waals surface area contributed by atoms with Crippen molar-refractivity contribution >= 4 is 23.9 Å². The van der Waals surface area contributed by atoms with E-state index in [9.17, 15) is 14.4 Å². The Morgan fingerprint density at radius 2 is 1.89 bits per heavy atom. The summed E-state index contributed by atoms with van der Waals surface area (Å²) in [5.41, 5.74) is 2.00. The van der Waals surface area contributed by atoms with Gasteiger partial charge in [0.2, 0.25) is 5.91 Å². The van der Waals surface area contributed by atoms with E-state index in [1.165, 1.54) is 18.6 Å². The minimum Gasteiger partial charge on any atom is -0.274 e. The molecule has 0 aliphatic carbocycles. The molecule has 1 fully saturated rings. The van der Waals surface area contributed by atoms with Gasteiger partial charge in [-0.2, -0.15) is 0 Å². The van der Waals surface area contributed by atoms with Crippen LogP contribution in [0.5, 0.6) is 0 Å². The summed E-state index contributed by atoms with van der Waals surface area (Å²) in [4.78, 5) is 35.3. The second-order valence-electron chi connectivity index (χ2n) is 4.24. The second kappa shape index (κ2) is 5.06. The summed E-state index contributed by atoms with van der Waals surface area (Å²) in [7, 11) is 0. The van der Waals surface area contributed by atoms with Gasteiger partial charge in [-0.25, -0.2) is 9.69 Å². The van der Waals surface area contributed by atoms with Gasteiger partial charge in [-0.3, -0.25) is 14.9 Å². The smallest absolute Gasteiger partial charge is 0.274 e. The maximum absolute atomic E-state index is 11.6. The Bertz CT molecular complexity index is 573. The molecule has 1 N–H and O–H groups in total. The number of benzene rings is 1. The molecule has 0 radical (unpaired) electrons. The first kappa shape index (κ1) is 13.0. The molecule has 0 atom stereocenters. The highest BCUT2D eigenvalue weighted by atomic mass is 16.2. The van der Waals surface area contributed by atoms with E-state index >= 15 is 0 Å². The molecule has 1 saturated heterocycles. The van der Waals surface area contributed by atoms with Crippen LogP contribution in [-0.4, -0.2) is 22.7 Å². The zero-order valence-electron chi connectivity index (χ0n) is 10.8. The number of rotatable bonds is 2. The summed E-state index contributed by atoms with van der Waals surface area (Å²) in [5, 5.41) is 2.10. The van der Waals surface area contributed by atoms with Crippen molar-refractivity contribution in [1.29, 1.82) is 0 Å². The molecule has 1 aromatic carbocycles. The van der Waals surface area contributed by atoms with E-state index in [1.807, 2.05) is 31.2 Å². The summed E-state index contributed by atoms with van der Waals surface area (Å²) >= 11 is 0. The topological polar surface area (TPSA) is 66.5 Å². The largest absolute Gasteiger partial charge is 0.335 e. The van der Waals surface area contributed by atoms with Crippen LogP contribution in [0.1, 0.15) is 25.0 Å². The third kappa shape index (κ3) is 2.54. The van der Waals surface area contributed by atoms with Gasteiger partial charge in [0.15, 0.2) is 0 Å². The number of nitrogens with one attached hydrogen (secondary N) is 1. The number of amides is 4. The number of carbonyl (C=O) groups excluding carboxylic acids is 3. The molecule has 0 unspecified atom stereocenters. The molecule has 0 saturated carbocycles. The predicted octanol–water partition coefficient (Wildman–Crippen LogP) is 1.69. The van der Waals surface area contributed by atoms with Crippen molar-refractivity contribution in [3.05, 3.63) is 41.1 Å². The molecule has 2 rings (SSSR count). The van der Waals surface area contributed by atoms with Gasteiger partial charge < -0.3 is 0 Å². The molecule has 1 heterocycles. The number of urea groups is 1. The van der Waals surface area contributed by atoms with Crippen LogP contribution in [0.15, 0.2) is 30.0 Å². The van der Waals surface area contributed by atoms with E-state index in [1.54, 1.807) is 0 Å². The van der Waals surface area contributed by atoms with Crippen LogP contribution < -0.4 is 5.32 Å². The summed E-state index contributed by atoms with van der Waals surface area (Å²) in [6.45, 7) is 3.29. The zero-order chi connectivity index (χ0) is 14.0. The third-order valence-electron chi connectivity index (χ3n) is 2.90. The SMILES string of the molecule is CCc1ccc(/C=C2/C(=O)NC(=O)N2C(C)=O)cc1. The molecule has 0 spiro atoms. The van der Waals surface area contributed by atoms with Gasteiger partial charge in [0.05, 0.1) is 0 Å². The van der Waals surface area contributed by atoms with Crippen LogP contribution in [-0.2, 0) is 16.0 Å². The van der Waals surface area contributed by atoms with Crippen LogP contribution in [0.4, 0.5) is 4.79 Å². The van der Waals surface area contributed by atoms with Gasteiger partial charge in [0.25, 0.3) is 5.91 Å². The van der Waals surface area contributed by atoms with Crippen molar-refractivity contribution in [2.75, 3.05) is 0 Å². The van der Waals surface area contributed by atoms with Crippen molar-refractivity contribution in [2.45, 2.75) is 20.3 Å². The lowest BCUT2D eigenvalue weighted by molar-refractivity contribution is -0.125. The molecule has 4 amide bonds. The third-order valence-corrected chi connectivity index (χ3v) is 2.90. The molecular weight excluding hydrogens is 244 g/mol. The fraction of sp³-hybridized carbons (Fsp3) is 0.214. The Hall–Kier alpha value is -2.43. The minimum atomic E-state index is -0.700. The number of hydrogen-bond acceptors (Lipinski definition) is 3. The zero-order valence-corrected chi connectivity index (χ0v) is 10.8. The van der Waals surface area contributed by atoms with Gasteiger partial charge in [-0.1, -0.05) is 31.2 Å². The molecule has 0 bridgehead atoms.